The van der Waals surface area contributed by atoms with Gasteiger partial charge < -0.3 is 27.0 Å². The van der Waals surface area contributed by atoms with E-state index in [1.807, 2.05) is 11.9 Å². The zero-order valence-corrected chi connectivity index (χ0v) is 54.1. The number of carbonyl (C=O) groups is 2. The molecule has 3 radical (unpaired) electrons. The van der Waals surface area contributed by atoms with Crippen LogP contribution in [0.2, 0.25) is 0 Å². The van der Waals surface area contributed by atoms with E-state index in [1.54, 1.807) is 0 Å². The Balaban J connectivity index is 0.000000216. The van der Waals surface area contributed by atoms with Crippen LogP contribution in [0.5, 0.6) is 0 Å². The normalized spacial score (nSPS) is 36.6. The van der Waals surface area contributed by atoms with E-state index in [4.69, 9.17) is 5.11 Å². The third-order valence-corrected chi connectivity index (χ3v) is 22.9. The van der Waals surface area contributed by atoms with Crippen LogP contribution in [-0.2, 0) is 45.1 Å². The van der Waals surface area contributed by atoms with Gasteiger partial charge in [0.25, 0.3) is 0 Å². The number of hydrogen-bond acceptors (Lipinski definition) is 10. The SMILES string of the molecule is C.C.C.CI.CO.Cc1ccc2c(c1)[C@]13CCN(CC4CC4)[C@H](C2)[C@]1(O)CCC(=O)C3.Cc1ccc2c(c1)[C@]13CCN(CC4CC4)[C@H](C2)[C@]1(O)C[C@H](C)C(=O)C3.Cc1ccc2c(c1)[C@]13CCN(CC4CC4)[C@H](C2)[C@]1(O)C[C@H](C)[C@H](O)C3.[B].[H-].[Na+]. The number of piperidine rings is 3. The Morgan fingerprint density at radius 2 is 0.904 bits per heavy atom. The molecule has 12 atom stereocenters. The summed E-state index contributed by atoms with van der Waals surface area (Å²) in [4.78, 5) is 34.8. The summed E-state index contributed by atoms with van der Waals surface area (Å²) >= 11 is 2.15. The standard InChI is InChI=1S/C22H31NO2.C22H29NO2.C21H27NO2.CH3I.CH4O.3CH4.B.Na.H/c2*1-14-3-6-17-10-20-22(25)11-15(2)19(24)12-21(22,18(17)9-14)7-8-23(20)13-16-4-5-16;1-14-2-5-16-11-19-21(24)7-6-17(23)12-20(21,18(16)10-14)8-9-22(19)13-15-3-4-15;2*1-2;;;;;;/h3,6,9,15-16,19-20,24-25H,4-5,7-8,10-13H2,1-2H3;3,6,9,15-16,20,25H,4-5,7-8,10-13H2,1-2H3;2,5,10,15,19,24H,3-4,6-9,11-13H2,1H3;1H3;2H,1H3;3*1H4;;;/q;;;;;;;;;+1;-1/t15-,19+,20+,21+,22+;15-,20+,21+,22+;19-,20-,21-;;;;;;;;/m001......../s1. The number of hydrogen-bond donors (Lipinski definition) is 5. The number of rotatable bonds is 6. The summed E-state index contributed by atoms with van der Waals surface area (Å²) in [6, 6.07) is 20.8. The largest absolute Gasteiger partial charge is 1.00 e. The van der Waals surface area contributed by atoms with Crippen molar-refractivity contribution in [3.8, 4) is 0 Å². The van der Waals surface area contributed by atoms with E-state index in [0.29, 0.717) is 43.7 Å². The number of carbonyl (C=O) groups excluding carboxylic acids is 2. The smallest absolute Gasteiger partial charge is 1.00 e. The van der Waals surface area contributed by atoms with Crippen LogP contribution in [0, 0.1) is 50.4 Å². The van der Waals surface area contributed by atoms with Gasteiger partial charge in [-0.3, -0.25) is 24.3 Å². The average Bonchev–Trinajstić information content (AvgIpc) is 2.07. The van der Waals surface area contributed by atoms with E-state index < -0.39 is 16.8 Å². The molecule has 3 saturated heterocycles. The molecule has 0 amide bonds. The van der Waals surface area contributed by atoms with Crippen molar-refractivity contribution in [3.63, 3.8) is 0 Å². The fourth-order valence-electron chi connectivity index (χ4n) is 18.2. The van der Waals surface area contributed by atoms with Gasteiger partial charge in [-0.05, 0) is 205 Å². The van der Waals surface area contributed by atoms with E-state index in [1.165, 1.54) is 88.6 Å². The van der Waals surface area contributed by atoms with Crippen LogP contribution < -0.4 is 29.6 Å². The molecule has 0 aromatic heterocycles. The Labute approximate surface area is 541 Å². The topological polar surface area (TPSA) is 145 Å². The van der Waals surface area contributed by atoms with Crippen molar-refractivity contribution < 1.29 is 66.1 Å². The van der Waals surface area contributed by atoms with E-state index >= 15 is 0 Å². The summed E-state index contributed by atoms with van der Waals surface area (Å²) in [5.41, 5.74) is 8.63. The molecule has 0 unspecified atom stereocenters. The monoisotopic (exact) mass is 1260 g/mol. The van der Waals surface area contributed by atoms with Crippen LogP contribution in [-0.4, -0.2) is 153 Å². The minimum absolute atomic E-state index is 0. The van der Waals surface area contributed by atoms with Crippen LogP contribution in [0.25, 0.3) is 0 Å². The first kappa shape index (κ1) is 70.6. The molecule has 12 aliphatic rings. The van der Waals surface area contributed by atoms with Crippen molar-refractivity contribution in [1.82, 2.24) is 14.7 Å². The Bertz CT molecular complexity index is 2770. The second-order valence-electron chi connectivity index (χ2n) is 27.6. The fraction of sp³-hybridized carbons (Fsp3) is 0.714. The molecular weight excluding hydrogens is 1160 g/mol. The third kappa shape index (κ3) is 12.1. The molecule has 13 heteroatoms. The van der Waals surface area contributed by atoms with Gasteiger partial charge in [-0.25, -0.2) is 0 Å². The van der Waals surface area contributed by atoms with Gasteiger partial charge in [0.2, 0.25) is 0 Å². The molecule has 6 bridgehead atoms. The molecule has 0 spiro atoms. The van der Waals surface area contributed by atoms with Crippen LogP contribution >= 0.6 is 22.6 Å². The summed E-state index contributed by atoms with van der Waals surface area (Å²) in [6.45, 7) is 17.1. The van der Waals surface area contributed by atoms with Gasteiger partial charge in [0.15, 0.2) is 0 Å². The first-order chi connectivity index (χ1) is 37.4. The Hall–Kier alpha value is -1.53. The molecule has 10 nitrogen and oxygen atoms in total. The molecule has 6 saturated carbocycles. The number of halogens is 1. The van der Waals surface area contributed by atoms with E-state index in [9.17, 15) is 30.0 Å². The first-order valence-corrected chi connectivity index (χ1v) is 32.8. The van der Waals surface area contributed by atoms with Gasteiger partial charge >= 0.3 is 29.6 Å². The van der Waals surface area contributed by atoms with Gasteiger partial charge in [-0.2, -0.15) is 0 Å². The van der Waals surface area contributed by atoms with Crippen molar-refractivity contribution in [2.45, 2.75) is 236 Å². The van der Waals surface area contributed by atoms with Gasteiger partial charge in [0, 0.05) is 94.7 Å². The first-order valence-electron chi connectivity index (χ1n) is 30.6. The quantitative estimate of drug-likeness (QED) is 0.0941. The summed E-state index contributed by atoms with van der Waals surface area (Å²) < 4.78 is 0. The van der Waals surface area contributed by atoms with Gasteiger partial charge in [-0.1, -0.05) is 130 Å². The van der Waals surface area contributed by atoms with Crippen molar-refractivity contribution in [2.75, 3.05) is 51.3 Å². The number of fused-ring (bicyclic) bond motifs is 3. The number of alkyl halides is 1. The second kappa shape index (κ2) is 26.9. The number of Topliss-reactive ketones (excluding diaryl/α,β-unsaturated/α-hetero) is 2. The zero-order chi connectivity index (χ0) is 55.3. The summed E-state index contributed by atoms with van der Waals surface area (Å²) in [5.74, 6) is 3.35. The maximum atomic E-state index is 12.7. The van der Waals surface area contributed by atoms with Gasteiger partial charge in [0.05, 0.1) is 22.9 Å². The summed E-state index contributed by atoms with van der Waals surface area (Å²) in [6.07, 6.45) is 17.8. The average molecular weight is 1260 g/mol. The Morgan fingerprint density at radius 3 is 1.31 bits per heavy atom. The summed E-state index contributed by atoms with van der Waals surface area (Å²) in [5, 5.41) is 53.9. The van der Waals surface area contributed by atoms with E-state index in [-0.39, 0.29) is 114 Å². The fourth-order valence-corrected chi connectivity index (χ4v) is 18.2. The minimum atomic E-state index is -0.756. The number of aliphatic hydroxyl groups is 5. The molecule has 455 valence electrons. The molecule has 3 aromatic rings. The Morgan fingerprint density at radius 1 is 0.542 bits per heavy atom. The summed E-state index contributed by atoms with van der Waals surface area (Å²) in [7, 11) is 1.00. The van der Waals surface area contributed by atoms with Crippen molar-refractivity contribution in [2.24, 2.45) is 29.6 Å². The maximum Gasteiger partial charge on any atom is 1.00 e. The van der Waals surface area contributed by atoms with Crippen LogP contribution in [0.15, 0.2) is 54.6 Å². The molecule has 9 fully saturated rings. The third-order valence-electron chi connectivity index (χ3n) is 22.9. The van der Waals surface area contributed by atoms with Crippen molar-refractivity contribution in [1.29, 1.82) is 0 Å². The number of nitrogens with zero attached hydrogens (tertiary/aromatic N) is 3. The predicted molar refractivity (Wildman–Crippen MR) is 344 cm³/mol. The minimum Gasteiger partial charge on any atom is -1.00 e. The molecular formula is C70H107BIN3NaO7. The van der Waals surface area contributed by atoms with E-state index in [2.05, 4.69) is 120 Å². The molecule has 3 heterocycles. The molecule has 15 rings (SSSR count). The molecule has 9 aliphatic carbocycles. The van der Waals surface area contributed by atoms with Crippen molar-refractivity contribution >= 4 is 42.6 Å². The van der Waals surface area contributed by atoms with Crippen LogP contribution in [0.3, 0.4) is 0 Å². The predicted octanol–water partition coefficient (Wildman–Crippen LogP) is 7.86. The van der Waals surface area contributed by atoms with Gasteiger partial charge in [0.1, 0.15) is 11.6 Å². The maximum absolute atomic E-state index is 12.7. The number of benzene rings is 3. The number of aliphatic hydroxyl groups excluding tert-OH is 2. The van der Waals surface area contributed by atoms with Gasteiger partial charge in [-0.15, -0.1) is 0 Å². The Kier molecular flexibility index (Phi) is 22.9. The molecule has 3 aromatic carbocycles. The molecule has 5 N–H and O–H groups in total. The van der Waals surface area contributed by atoms with E-state index in [0.717, 1.165) is 115 Å². The molecule has 3 aliphatic heterocycles. The zero-order valence-electron chi connectivity index (χ0n) is 50.9. The second-order valence-corrected chi connectivity index (χ2v) is 27.6. The van der Waals surface area contributed by atoms with Crippen LogP contribution in [0.1, 0.15) is 190 Å². The van der Waals surface area contributed by atoms with Crippen LogP contribution in [0.4, 0.5) is 0 Å². The number of aryl methyl sites for hydroxylation is 3. The van der Waals surface area contributed by atoms with Crippen molar-refractivity contribution in [3.05, 3.63) is 105 Å². The number of likely N-dealkylation sites (tertiary alicyclic amines) is 3. The molecule has 83 heavy (non-hydrogen) atoms. The number of ketones is 2.